The first-order valence-electron chi connectivity index (χ1n) is 4.98. The highest BCUT2D eigenvalue weighted by molar-refractivity contribution is 5.42. The van der Waals surface area contributed by atoms with Crippen molar-refractivity contribution in [1.82, 2.24) is 19.7 Å². The Morgan fingerprint density at radius 2 is 2.11 bits per heavy atom. The number of nitrogen functional groups attached to an aromatic ring is 1. The van der Waals surface area contributed by atoms with Crippen molar-refractivity contribution in [2.75, 3.05) is 5.43 Å². The van der Waals surface area contributed by atoms with Gasteiger partial charge in [0.05, 0.1) is 5.56 Å². The molecule has 2 heterocycles. The average molecular weight is 274 g/mol. The summed E-state index contributed by atoms with van der Waals surface area (Å²) in [6, 6.07) is 1.38. The van der Waals surface area contributed by atoms with Gasteiger partial charge in [0.15, 0.2) is 0 Å². The molecule has 19 heavy (non-hydrogen) atoms. The van der Waals surface area contributed by atoms with E-state index in [2.05, 4.69) is 15.1 Å². The van der Waals surface area contributed by atoms with Crippen molar-refractivity contribution in [3.05, 3.63) is 24.0 Å². The molecule has 102 valence electrons. The van der Waals surface area contributed by atoms with Crippen LogP contribution in [-0.4, -0.2) is 19.7 Å². The topological polar surface area (TPSA) is 90.9 Å². The van der Waals surface area contributed by atoms with Crippen LogP contribution in [0.4, 0.5) is 19.0 Å². The molecule has 0 saturated heterocycles. The van der Waals surface area contributed by atoms with Crippen LogP contribution in [0.1, 0.15) is 5.56 Å². The fourth-order valence-corrected chi connectivity index (χ4v) is 1.25. The van der Waals surface area contributed by atoms with E-state index in [0.717, 1.165) is 12.1 Å². The largest absolute Gasteiger partial charge is 0.416 e. The number of aryl methyl sites for hydroxylation is 1. The van der Waals surface area contributed by atoms with E-state index < -0.39 is 11.7 Å². The lowest BCUT2D eigenvalue weighted by Gasteiger charge is -2.10. The number of nitrogens with two attached hydrogens (primary N) is 1. The number of halogens is 3. The van der Waals surface area contributed by atoms with E-state index in [4.69, 9.17) is 10.6 Å². The summed E-state index contributed by atoms with van der Waals surface area (Å²) in [5.41, 5.74) is 1.09. The minimum absolute atomic E-state index is 0.114. The number of rotatable bonds is 3. The fraction of sp³-hybridized carbons (Fsp3) is 0.222. The van der Waals surface area contributed by atoms with Crippen molar-refractivity contribution < 1.29 is 17.9 Å². The zero-order valence-corrected chi connectivity index (χ0v) is 9.64. The Kier molecular flexibility index (Phi) is 3.25. The number of hydrogen-bond donors (Lipinski definition) is 2. The van der Waals surface area contributed by atoms with Gasteiger partial charge in [-0.2, -0.15) is 23.1 Å². The van der Waals surface area contributed by atoms with Gasteiger partial charge in [-0.25, -0.2) is 5.84 Å². The van der Waals surface area contributed by atoms with E-state index in [1.807, 2.05) is 5.43 Å². The van der Waals surface area contributed by atoms with Crippen LogP contribution in [0.25, 0.3) is 0 Å². The summed E-state index contributed by atoms with van der Waals surface area (Å²) in [4.78, 5) is 7.44. The maximum absolute atomic E-state index is 12.6. The number of alkyl halides is 3. The highest BCUT2D eigenvalue weighted by atomic mass is 19.4. The third kappa shape index (κ3) is 3.10. The summed E-state index contributed by atoms with van der Waals surface area (Å²) >= 11 is 0. The number of anilines is 1. The number of ether oxygens (including phenoxy) is 1. The summed E-state index contributed by atoms with van der Waals surface area (Å²) in [5, 5.41) is 3.76. The minimum Gasteiger partial charge on any atom is -0.404 e. The number of nitrogens with one attached hydrogen (secondary N) is 1. The van der Waals surface area contributed by atoms with Crippen molar-refractivity contribution >= 4 is 5.82 Å². The standard InChI is InChI=1S/C9H9F3N6O/c1-18-4-14-8(17-18)19-7-3-5(9(10,11)12)2-6(15-7)16-13/h2-4H,13H2,1H3,(H,15,16). The Morgan fingerprint density at radius 1 is 1.37 bits per heavy atom. The van der Waals surface area contributed by atoms with Gasteiger partial charge in [0, 0.05) is 13.1 Å². The lowest BCUT2D eigenvalue weighted by molar-refractivity contribution is -0.137. The SMILES string of the molecule is Cn1cnc(Oc2cc(C(F)(F)F)cc(NN)n2)n1. The van der Waals surface area contributed by atoms with Crippen LogP contribution >= 0.6 is 0 Å². The molecule has 2 rings (SSSR count). The highest BCUT2D eigenvalue weighted by Crippen LogP contribution is 2.33. The van der Waals surface area contributed by atoms with Gasteiger partial charge in [-0.15, -0.1) is 5.10 Å². The number of pyridine rings is 1. The lowest BCUT2D eigenvalue weighted by atomic mass is 10.2. The minimum atomic E-state index is -4.54. The predicted molar refractivity (Wildman–Crippen MR) is 58.1 cm³/mol. The first-order valence-corrected chi connectivity index (χ1v) is 4.98. The Bertz CT molecular complexity index is 582. The average Bonchev–Trinajstić information content (AvgIpc) is 2.73. The zero-order chi connectivity index (χ0) is 14.0. The molecule has 0 aliphatic carbocycles. The molecule has 0 unspecified atom stereocenters. The highest BCUT2D eigenvalue weighted by Gasteiger charge is 2.32. The quantitative estimate of drug-likeness (QED) is 0.647. The van der Waals surface area contributed by atoms with E-state index in [0.29, 0.717) is 0 Å². The van der Waals surface area contributed by atoms with Gasteiger partial charge in [0.25, 0.3) is 0 Å². The second-order valence-electron chi connectivity index (χ2n) is 3.52. The molecule has 10 heteroatoms. The van der Waals surface area contributed by atoms with E-state index in [-0.39, 0.29) is 17.7 Å². The van der Waals surface area contributed by atoms with Gasteiger partial charge < -0.3 is 10.2 Å². The number of aromatic nitrogens is 4. The second kappa shape index (κ2) is 4.72. The molecule has 7 nitrogen and oxygen atoms in total. The summed E-state index contributed by atoms with van der Waals surface area (Å²) in [5.74, 6) is 4.57. The van der Waals surface area contributed by atoms with Crippen LogP contribution in [0.15, 0.2) is 18.5 Å². The molecule has 2 aromatic rings. The molecule has 0 radical (unpaired) electrons. The van der Waals surface area contributed by atoms with Crippen LogP contribution in [0.3, 0.4) is 0 Å². The molecular weight excluding hydrogens is 265 g/mol. The van der Waals surface area contributed by atoms with Crippen LogP contribution in [0.5, 0.6) is 11.9 Å². The summed E-state index contributed by atoms with van der Waals surface area (Å²) in [7, 11) is 1.59. The number of hydrazine groups is 1. The first kappa shape index (κ1) is 13.1. The third-order valence-electron chi connectivity index (χ3n) is 2.05. The van der Waals surface area contributed by atoms with Crippen LogP contribution in [0, 0.1) is 0 Å². The van der Waals surface area contributed by atoms with Crippen molar-refractivity contribution in [1.29, 1.82) is 0 Å². The molecule has 0 aliphatic heterocycles. The number of nitrogens with zero attached hydrogens (tertiary/aromatic N) is 4. The van der Waals surface area contributed by atoms with E-state index >= 15 is 0 Å². The Labute approximate surface area is 105 Å². The van der Waals surface area contributed by atoms with Gasteiger partial charge in [0.1, 0.15) is 12.1 Å². The van der Waals surface area contributed by atoms with Gasteiger partial charge in [0.2, 0.25) is 5.88 Å². The van der Waals surface area contributed by atoms with Gasteiger partial charge in [-0.1, -0.05) is 0 Å². The molecule has 0 amide bonds. The molecular formula is C9H9F3N6O. The predicted octanol–water partition coefficient (Wildman–Crippen LogP) is 1.31. The number of hydrogen-bond acceptors (Lipinski definition) is 6. The van der Waals surface area contributed by atoms with Crippen molar-refractivity contribution in [3.8, 4) is 11.9 Å². The Morgan fingerprint density at radius 3 is 2.63 bits per heavy atom. The molecule has 0 saturated carbocycles. The zero-order valence-electron chi connectivity index (χ0n) is 9.64. The Hall–Kier alpha value is -2.36. The molecule has 3 N–H and O–H groups in total. The van der Waals surface area contributed by atoms with E-state index in [1.54, 1.807) is 7.05 Å². The summed E-state index contributed by atoms with van der Waals surface area (Å²) in [6.45, 7) is 0. The molecule has 0 aliphatic rings. The third-order valence-corrected chi connectivity index (χ3v) is 2.05. The lowest BCUT2D eigenvalue weighted by Crippen LogP contribution is -2.12. The van der Waals surface area contributed by atoms with E-state index in [1.165, 1.54) is 11.0 Å². The second-order valence-corrected chi connectivity index (χ2v) is 3.52. The smallest absolute Gasteiger partial charge is 0.404 e. The van der Waals surface area contributed by atoms with Crippen molar-refractivity contribution in [3.63, 3.8) is 0 Å². The van der Waals surface area contributed by atoms with Crippen LogP contribution in [0.2, 0.25) is 0 Å². The van der Waals surface area contributed by atoms with Crippen molar-refractivity contribution in [2.24, 2.45) is 12.9 Å². The summed E-state index contributed by atoms with van der Waals surface area (Å²) in [6.07, 6.45) is -3.20. The maximum atomic E-state index is 12.6. The molecule has 0 spiro atoms. The Balaban J connectivity index is 2.34. The van der Waals surface area contributed by atoms with Crippen LogP contribution < -0.4 is 16.0 Å². The normalized spacial score (nSPS) is 11.4. The molecule has 0 bridgehead atoms. The monoisotopic (exact) mass is 274 g/mol. The molecule has 2 aromatic heterocycles. The molecule has 0 atom stereocenters. The van der Waals surface area contributed by atoms with Crippen molar-refractivity contribution in [2.45, 2.75) is 6.18 Å². The van der Waals surface area contributed by atoms with Crippen LogP contribution in [-0.2, 0) is 13.2 Å². The summed E-state index contributed by atoms with van der Waals surface area (Å²) < 4.78 is 44.3. The van der Waals surface area contributed by atoms with E-state index in [9.17, 15) is 13.2 Å². The molecule has 0 fully saturated rings. The van der Waals surface area contributed by atoms with Gasteiger partial charge in [-0.05, 0) is 6.07 Å². The fourth-order valence-electron chi connectivity index (χ4n) is 1.25. The maximum Gasteiger partial charge on any atom is 0.416 e. The van der Waals surface area contributed by atoms with Gasteiger partial charge >= 0.3 is 12.2 Å². The molecule has 0 aromatic carbocycles. The first-order chi connectivity index (χ1) is 8.88. The van der Waals surface area contributed by atoms with Gasteiger partial charge in [-0.3, -0.25) is 4.68 Å².